The number of anilines is 1. The second kappa shape index (κ2) is 10.3. The van der Waals surface area contributed by atoms with Gasteiger partial charge in [-0.25, -0.2) is 0 Å². The molecule has 7 nitrogen and oxygen atoms in total. The third-order valence-electron chi connectivity index (χ3n) is 5.44. The highest BCUT2D eigenvalue weighted by Crippen LogP contribution is 2.18. The Labute approximate surface area is 184 Å². The number of ether oxygens (including phenoxy) is 1. The molecule has 1 fully saturated rings. The summed E-state index contributed by atoms with van der Waals surface area (Å²) in [6.45, 7) is 2.45. The predicted molar refractivity (Wildman–Crippen MR) is 122 cm³/mol. The second-order valence-electron chi connectivity index (χ2n) is 8.03. The standard InChI is InChI=1S/C24H31N4O3/c1-25(2)21-9-5-19(6-10-21)15-28(16-20-7-11-22(31-4)12-8-20)24(30)18-27-14-13-26(3)17-23(27)29/h5-12H,3,13-18H2,1-2,4H3. The number of carbonyl (C=O) groups is 2. The van der Waals surface area contributed by atoms with Gasteiger partial charge in [-0.2, -0.15) is 0 Å². The molecule has 1 heterocycles. The van der Waals surface area contributed by atoms with Crippen LogP contribution in [-0.2, 0) is 22.7 Å². The van der Waals surface area contributed by atoms with Gasteiger partial charge in [0, 0.05) is 53.0 Å². The van der Waals surface area contributed by atoms with Crippen molar-refractivity contribution in [2.75, 3.05) is 52.3 Å². The Bertz CT molecular complexity index is 881. The maximum Gasteiger partial charge on any atom is 0.242 e. The van der Waals surface area contributed by atoms with Crippen LogP contribution in [0.3, 0.4) is 0 Å². The molecule has 1 saturated heterocycles. The smallest absolute Gasteiger partial charge is 0.242 e. The number of rotatable bonds is 8. The third-order valence-corrected chi connectivity index (χ3v) is 5.44. The van der Waals surface area contributed by atoms with E-state index in [1.165, 1.54) is 0 Å². The van der Waals surface area contributed by atoms with E-state index in [0.717, 1.165) is 22.6 Å². The summed E-state index contributed by atoms with van der Waals surface area (Å²) in [5.74, 6) is 0.644. The van der Waals surface area contributed by atoms with E-state index in [-0.39, 0.29) is 24.9 Å². The molecule has 2 aromatic rings. The lowest BCUT2D eigenvalue weighted by Crippen LogP contribution is -2.51. The van der Waals surface area contributed by atoms with E-state index in [1.54, 1.807) is 21.8 Å². The van der Waals surface area contributed by atoms with Crippen LogP contribution in [0, 0.1) is 7.05 Å². The lowest BCUT2D eigenvalue weighted by molar-refractivity contribution is -0.143. The van der Waals surface area contributed by atoms with Crippen LogP contribution in [0.4, 0.5) is 5.69 Å². The van der Waals surface area contributed by atoms with Gasteiger partial charge in [0.1, 0.15) is 5.75 Å². The maximum absolute atomic E-state index is 13.2. The van der Waals surface area contributed by atoms with Crippen molar-refractivity contribution in [2.24, 2.45) is 0 Å². The van der Waals surface area contributed by atoms with Crippen molar-refractivity contribution < 1.29 is 14.3 Å². The summed E-state index contributed by atoms with van der Waals surface area (Å²) in [5, 5.41) is 0. The number of carbonyl (C=O) groups excluding carboxylic acids is 2. The van der Waals surface area contributed by atoms with Gasteiger partial charge >= 0.3 is 0 Å². The van der Waals surface area contributed by atoms with E-state index in [4.69, 9.17) is 4.74 Å². The van der Waals surface area contributed by atoms with Crippen molar-refractivity contribution >= 4 is 17.5 Å². The van der Waals surface area contributed by atoms with Crippen molar-refractivity contribution in [1.29, 1.82) is 0 Å². The van der Waals surface area contributed by atoms with Gasteiger partial charge in [0.25, 0.3) is 0 Å². The van der Waals surface area contributed by atoms with E-state index in [1.807, 2.05) is 67.5 Å². The molecule has 0 N–H and O–H groups in total. The molecular formula is C24H31N4O3. The van der Waals surface area contributed by atoms with Crippen molar-refractivity contribution in [1.82, 2.24) is 14.7 Å². The molecule has 1 radical (unpaired) electrons. The highest BCUT2D eigenvalue weighted by molar-refractivity contribution is 5.86. The Kier molecular flexibility index (Phi) is 7.52. The summed E-state index contributed by atoms with van der Waals surface area (Å²) in [6.07, 6.45) is 0. The van der Waals surface area contributed by atoms with E-state index >= 15 is 0 Å². The molecule has 2 aromatic carbocycles. The monoisotopic (exact) mass is 423 g/mol. The third kappa shape index (κ3) is 6.21. The van der Waals surface area contributed by atoms with E-state index in [0.29, 0.717) is 26.2 Å². The molecule has 0 saturated carbocycles. The normalized spacial score (nSPS) is 14.5. The van der Waals surface area contributed by atoms with E-state index < -0.39 is 0 Å². The molecule has 0 unspecified atom stereocenters. The molecule has 0 spiro atoms. The summed E-state index contributed by atoms with van der Waals surface area (Å²) in [6, 6.07) is 15.9. The molecule has 1 aliphatic rings. The zero-order valence-electron chi connectivity index (χ0n) is 18.6. The summed E-state index contributed by atoms with van der Waals surface area (Å²) in [5.41, 5.74) is 3.16. The summed E-state index contributed by atoms with van der Waals surface area (Å²) in [4.78, 5) is 32.7. The molecule has 3 rings (SSSR count). The van der Waals surface area contributed by atoms with Crippen molar-refractivity contribution in [3.05, 3.63) is 66.7 Å². The first-order chi connectivity index (χ1) is 14.9. The Balaban J connectivity index is 1.75. The fourth-order valence-corrected chi connectivity index (χ4v) is 3.49. The average Bonchev–Trinajstić information content (AvgIpc) is 2.76. The molecule has 0 aliphatic carbocycles. The van der Waals surface area contributed by atoms with Gasteiger partial charge in [-0.15, -0.1) is 0 Å². The molecule has 0 aromatic heterocycles. The van der Waals surface area contributed by atoms with Crippen molar-refractivity contribution in [3.8, 4) is 5.75 Å². The van der Waals surface area contributed by atoms with Gasteiger partial charge in [0.05, 0.1) is 20.2 Å². The molecule has 2 amide bonds. The quantitative estimate of drug-likeness (QED) is 0.652. The molecule has 7 heteroatoms. The van der Waals surface area contributed by atoms with Gasteiger partial charge in [-0.1, -0.05) is 24.3 Å². The Morgan fingerprint density at radius 1 is 1.00 bits per heavy atom. The highest BCUT2D eigenvalue weighted by Gasteiger charge is 2.26. The number of methoxy groups -OCH3 is 1. The first-order valence-electron chi connectivity index (χ1n) is 10.4. The lowest BCUT2D eigenvalue weighted by atomic mass is 10.1. The zero-order valence-corrected chi connectivity index (χ0v) is 18.6. The van der Waals surface area contributed by atoms with Crippen molar-refractivity contribution in [2.45, 2.75) is 13.1 Å². The summed E-state index contributed by atoms with van der Waals surface area (Å²) >= 11 is 0. The summed E-state index contributed by atoms with van der Waals surface area (Å²) < 4.78 is 5.23. The van der Waals surface area contributed by atoms with Gasteiger partial charge in [-0.3, -0.25) is 14.5 Å². The minimum Gasteiger partial charge on any atom is -0.497 e. The fourth-order valence-electron chi connectivity index (χ4n) is 3.49. The van der Waals surface area contributed by atoms with E-state index in [9.17, 15) is 9.59 Å². The molecular weight excluding hydrogens is 392 g/mol. The Morgan fingerprint density at radius 2 is 1.58 bits per heavy atom. The van der Waals surface area contributed by atoms with E-state index in [2.05, 4.69) is 7.05 Å². The molecule has 0 atom stereocenters. The lowest BCUT2D eigenvalue weighted by Gasteiger charge is -2.33. The van der Waals surface area contributed by atoms with Crippen LogP contribution in [0.2, 0.25) is 0 Å². The molecule has 1 aliphatic heterocycles. The van der Waals surface area contributed by atoms with Crippen LogP contribution in [0.5, 0.6) is 5.75 Å². The van der Waals surface area contributed by atoms with Crippen LogP contribution in [0.25, 0.3) is 0 Å². The van der Waals surface area contributed by atoms with Crippen LogP contribution in [-0.4, -0.2) is 73.9 Å². The predicted octanol–water partition coefficient (Wildman–Crippen LogP) is 2.23. The topological polar surface area (TPSA) is 56.3 Å². The second-order valence-corrected chi connectivity index (χ2v) is 8.03. The minimum absolute atomic E-state index is 0.0608. The Morgan fingerprint density at radius 3 is 2.10 bits per heavy atom. The first kappa shape index (κ1) is 22.6. The Hall–Kier alpha value is -3.06. The van der Waals surface area contributed by atoms with Crippen molar-refractivity contribution in [3.63, 3.8) is 0 Å². The van der Waals surface area contributed by atoms with Gasteiger partial charge in [-0.05, 0) is 35.4 Å². The fraction of sp³-hybridized carbons (Fsp3) is 0.375. The highest BCUT2D eigenvalue weighted by atomic mass is 16.5. The largest absolute Gasteiger partial charge is 0.497 e. The number of piperazine rings is 1. The zero-order chi connectivity index (χ0) is 22.4. The van der Waals surface area contributed by atoms with Crippen LogP contribution >= 0.6 is 0 Å². The molecule has 165 valence electrons. The van der Waals surface area contributed by atoms with Crippen LogP contribution in [0.15, 0.2) is 48.5 Å². The van der Waals surface area contributed by atoms with Crippen LogP contribution in [0.1, 0.15) is 11.1 Å². The maximum atomic E-state index is 13.2. The molecule has 0 bridgehead atoms. The number of hydrogen-bond donors (Lipinski definition) is 0. The first-order valence-corrected chi connectivity index (χ1v) is 10.4. The van der Waals surface area contributed by atoms with Gasteiger partial charge in [0.15, 0.2) is 0 Å². The van der Waals surface area contributed by atoms with Crippen LogP contribution < -0.4 is 9.64 Å². The number of amides is 2. The average molecular weight is 424 g/mol. The van der Waals surface area contributed by atoms with Gasteiger partial charge < -0.3 is 19.4 Å². The number of benzene rings is 2. The summed E-state index contributed by atoms with van der Waals surface area (Å²) in [7, 11) is 9.44. The number of hydrogen-bond acceptors (Lipinski definition) is 5. The molecule has 31 heavy (non-hydrogen) atoms. The number of nitrogens with zero attached hydrogens (tertiary/aromatic N) is 4. The SMILES string of the molecule is [CH2]N1CCN(CC(=O)N(Cc2ccc(OC)cc2)Cc2ccc(N(C)C)cc2)C(=O)C1. The van der Waals surface area contributed by atoms with Gasteiger partial charge in [0.2, 0.25) is 11.8 Å². The minimum atomic E-state index is -0.0710.